The lowest BCUT2D eigenvalue weighted by Gasteiger charge is -2.15. The van der Waals surface area contributed by atoms with Crippen molar-refractivity contribution in [2.75, 3.05) is 0 Å². The zero-order valence-electron chi connectivity index (χ0n) is 8.36. The van der Waals surface area contributed by atoms with Crippen LogP contribution in [0.4, 0.5) is 0 Å². The van der Waals surface area contributed by atoms with Gasteiger partial charge in [0.25, 0.3) is 0 Å². The van der Waals surface area contributed by atoms with E-state index in [9.17, 15) is 0 Å². The summed E-state index contributed by atoms with van der Waals surface area (Å²) in [4.78, 5) is 0. The molecule has 0 aliphatic heterocycles. The summed E-state index contributed by atoms with van der Waals surface area (Å²) >= 11 is 0. The monoisotopic (exact) mass is 195 g/mol. The molecule has 0 aliphatic rings. The number of hydrogen-bond donors (Lipinski definition) is 2. The van der Waals surface area contributed by atoms with E-state index in [0.717, 1.165) is 0 Å². The third-order valence-corrected chi connectivity index (χ3v) is 3.71. The second-order valence-electron chi connectivity index (χ2n) is 3.73. The van der Waals surface area contributed by atoms with Crippen LogP contribution in [0, 0.1) is 0 Å². The standard InChI is InChI=1S/C9H14Si.BH2O2/c1-10(2,3)9-7-5-4-6-8-9;2-1-3/h4-8H,1-3H3;2-3H. The molecule has 0 saturated carbocycles. The second-order valence-corrected chi connectivity index (χ2v) is 8.81. The smallest absolute Gasteiger partial charge is 0.429 e. The fourth-order valence-electron chi connectivity index (χ4n) is 0.938. The zero-order valence-corrected chi connectivity index (χ0v) is 9.36. The molecule has 0 unspecified atom stereocenters. The van der Waals surface area contributed by atoms with E-state index in [2.05, 4.69) is 50.0 Å². The molecule has 0 amide bonds. The molecule has 1 rings (SSSR count). The molecular weight excluding hydrogens is 179 g/mol. The average molecular weight is 195 g/mol. The largest absolute Gasteiger partial charge is 0.482 e. The minimum atomic E-state index is -1.03. The normalized spacial score (nSPS) is 9.92. The van der Waals surface area contributed by atoms with Gasteiger partial charge in [-0.25, -0.2) is 0 Å². The molecule has 2 N–H and O–H groups in total. The molecular formula is C9H16BO2Si. The molecule has 71 valence electrons. The van der Waals surface area contributed by atoms with Gasteiger partial charge >= 0.3 is 7.69 Å². The molecule has 0 aliphatic carbocycles. The Bertz CT molecular complexity index is 221. The van der Waals surface area contributed by atoms with Gasteiger partial charge in [-0.1, -0.05) is 55.2 Å². The van der Waals surface area contributed by atoms with E-state index in [4.69, 9.17) is 10.0 Å². The van der Waals surface area contributed by atoms with Gasteiger partial charge in [0.2, 0.25) is 0 Å². The van der Waals surface area contributed by atoms with E-state index in [-0.39, 0.29) is 7.69 Å². The number of hydrogen-bond acceptors (Lipinski definition) is 2. The van der Waals surface area contributed by atoms with E-state index in [0.29, 0.717) is 0 Å². The van der Waals surface area contributed by atoms with Crippen LogP contribution in [0.15, 0.2) is 30.3 Å². The maximum atomic E-state index is 7.00. The van der Waals surface area contributed by atoms with E-state index < -0.39 is 8.07 Å². The van der Waals surface area contributed by atoms with Crippen molar-refractivity contribution in [3.8, 4) is 0 Å². The lowest BCUT2D eigenvalue weighted by atomic mass is 10.4. The molecule has 0 bridgehead atoms. The van der Waals surface area contributed by atoms with Crippen LogP contribution in [0.5, 0.6) is 0 Å². The first-order chi connectivity index (χ1) is 6.02. The van der Waals surface area contributed by atoms with Crippen molar-refractivity contribution < 1.29 is 10.0 Å². The highest BCUT2D eigenvalue weighted by Crippen LogP contribution is 2.00. The van der Waals surface area contributed by atoms with Gasteiger partial charge in [0, 0.05) is 0 Å². The van der Waals surface area contributed by atoms with Gasteiger partial charge in [-0.05, 0) is 0 Å². The van der Waals surface area contributed by atoms with Crippen LogP contribution in [0.25, 0.3) is 0 Å². The van der Waals surface area contributed by atoms with Crippen LogP contribution in [0.3, 0.4) is 0 Å². The van der Waals surface area contributed by atoms with E-state index in [1.54, 1.807) is 0 Å². The predicted octanol–water partition coefficient (Wildman–Crippen LogP) is 0.737. The molecule has 1 aromatic rings. The highest BCUT2D eigenvalue weighted by molar-refractivity contribution is 6.88. The summed E-state index contributed by atoms with van der Waals surface area (Å²) in [5, 5.41) is 15.5. The van der Waals surface area contributed by atoms with Crippen molar-refractivity contribution in [1.82, 2.24) is 0 Å². The molecule has 1 aromatic carbocycles. The summed E-state index contributed by atoms with van der Waals surface area (Å²) in [7, 11) is -1.03. The SMILES string of the molecule is C[Si](C)(C)c1ccccc1.O[B]O. The van der Waals surface area contributed by atoms with Crippen molar-refractivity contribution >= 4 is 20.9 Å². The first kappa shape index (κ1) is 12.4. The number of benzene rings is 1. The van der Waals surface area contributed by atoms with Crippen LogP contribution < -0.4 is 5.19 Å². The number of rotatable bonds is 1. The zero-order chi connectivity index (χ0) is 10.3. The molecule has 4 heteroatoms. The Morgan fingerprint density at radius 1 is 1.00 bits per heavy atom. The molecule has 2 nitrogen and oxygen atoms in total. The molecule has 0 heterocycles. The Kier molecular flexibility index (Phi) is 5.70. The Labute approximate surface area is 81.6 Å². The Morgan fingerprint density at radius 2 is 1.38 bits per heavy atom. The topological polar surface area (TPSA) is 40.5 Å². The van der Waals surface area contributed by atoms with Crippen molar-refractivity contribution in [2.45, 2.75) is 19.6 Å². The summed E-state index contributed by atoms with van der Waals surface area (Å²) in [6.07, 6.45) is 0. The van der Waals surface area contributed by atoms with E-state index in [1.165, 1.54) is 5.19 Å². The van der Waals surface area contributed by atoms with Gasteiger partial charge in [-0.3, -0.25) is 0 Å². The Morgan fingerprint density at radius 3 is 1.62 bits per heavy atom. The lowest BCUT2D eigenvalue weighted by Crippen LogP contribution is -2.37. The Balaban J connectivity index is 0.000000424. The molecule has 0 atom stereocenters. The van der Waals surface area contributed by atoms with E-state index >= 15 is 0 Å². The van der Waals surface area contributed by atoms with Crippen molar-refractivity contribution in [3.63, 3.8) is 0 Å². The van der Waals surface area contributed by atoms with Gasteiger partial charge < -0.3 is 10.0 Å². The maximum absolute atomic E-state index is 7.00. The van der Waals surface area contributed by atoms with Gasteiger partial charge in [-0.2, -0.15) is 0 Å². The van der Waals surface area contributed by atoms with Crippen LogP contribution in [0.1, 0.15) is 0 Å². The van der Waals surface area contributed by atoms with Gasteiger partial charge in [0.15, 0.2) is 0 Å². The first-order valence-corrected chi connectivity index (χ1v) is 7.68. The third-order valence-electron chi connectivity index (χ3n) is 1.64. The summed E-state index contributed by atoms with van der Waals surface area (Å²) in [5.74, 6) is 0. The molecule has 0 saturated heterocycles. The van der Waals surface area contributed by atoms with Crippen LogP contribution in [-0.4, -0.2) is 25.8 Å². The first-order valence-electron chi connectivity index (χ1n) is 4.18. The van der Waals surface area contributed by atoms with Crippen LogP contribution >= 0.6 is 0 Å². The molecule has 1 radical (unpaired) electrons. The molecule has 0 fully saturated rings. The third kappa shape index (κ3) is 5.63. The van der Waals surface area contributed by atoms with Crippen LogP contribution in [0.2, 0.25) is 19.6 Å². The highest BCUT2D eigenvalue weighted by atomic mass is 28.3. The quantitative estimate of drug-likeness (QED) is 0.649. The predicted molar refractivity (Wildman–Crippen MR) is 59.6 cm³/mol. The summed E-state index contributed by atoms with van der Waals surface area (Å²) in [5.41, 5.74) is 0. The minimum Gasteiger partial charge on any atom is -0.429 e. The highest BCUT2D eigenvalue weighted by Gasteiger charge is 2.14. The minimum absolute atomic E-state index is 0. The van der Waals surface area contributed by atoms with Crippen molar-refractivity contribution in [3.05, 3.63) is 30.3 Å². The molecule has 0 aromatic heterocycles. The average Bonchev–Trinajstić information content (AvgIpc) is 2.06. The second kappa shape index (κ2) is 5.96. The van der Waals surface area contributed by atoms with Gasteiger partial charge in [0.05, 0.1) is 8.07 Å². The summed E-state index contributed by atoms with van der Waals surface area (Å²) in [6, 6.07) is 10.8. The van der Waals surface area contributed by atoms with E-state index in [1.807, 2.05) is 0 Å². The van der Waals surface area contributed by atoms with Crippen LogP contribution in [-0.2, 0) is 0 Å². The molecule has 13 heavy (non-hydrogen) atoms. The maximum Gasteiger partial charge on any atom is 0.482 e. The van der Waals surface area contributed by atoms with Gasteiger partial charge in [-0.15, -0.1) is 0 Å². The molecule has 0 spiro atoms. The summed E-state index contributed by atoms with van der Waals surface area (Å²) < 4.78 is 0. The fourth-order valence-corrected chi connectivity index (χ4v) is 2.13. The van der Waals surface area contributed by atoms with Crippen molar-refractivity contribution in [2.24, 2.45) is 0 Å². The fraction of sp³-hybridized carbons (Fsp3) is 0.333. The van der Waals surface area contributed by atoms with Gasteiger partial charge in [0.1, 0.15) is 0 Å². The Hall–Kier alpha value is -0.578. The summed E-state index contributed by atoms with van der Waals surface area (Å²) in [6.45, 7) is 7.09. The van der Waals surface area contributed by atoms with Crippen molar-refractivity contribution in [1.29, 1.82) is 0 Å². The lowest BCUT2D eigenvalue weighted by molar-refractivity contribution is 0.448.